The Hall–Kier alpha value is -0.340. The second-order valence-corrected chi connectivity index (χ2v) is 3.22. The predicted octanol–water partition coefficient (Wildman–Crippen LogP) is 0.877. The molecule has 1 aliphatic heterocycles. The third-order valence-electron chi connectivity index (χ3n) is 2.28. The van der Waals surface area contributed by atoms with Crippen LogP contribution in [0.5, 0.6) is 0 Å². The summed E-state index contributed by atoms with van der Waals surface area (Å²) < 4.78 is 0. The molecule has 1 aliphatic rings. The molecule has 2 nitrogen and oxygen atoms in total. The number of aliphatic hydroxyl groups excluding tert-OH is 1. The largest absolute Gasteiger partial charge is 0.396 e. The minimum Gasteiger partial charge on any atom is -0.396 e. The van der Waals surface area contributed by atoms with E-state index in [1.165, 1.54) is 0 Å². The van der Waals surface area contributed by atoms with Gasteiger partial charge in [0.15, 0.2) is 0 Å². The molecule has 64 valence electrons. The van der Waals surface area contributed by atoms with Crippen LogP contribution in [0.1, 0.15) is 12.8 Å². The average Bonchev–Trinajstić information content (AvgIpc) is 2.48. The van der Waals surface area contributed by atoms with Crippen LogP contribution >= 0.6 is 0 Å². The summed E-state index contributed by atoms with van der Waals surface area (Å²) in [5.74, 6) is 0.528. The molecule has 0 saturated carbocycles. The first-order valence-electron chi connectivity index (χ1n) is 4.31. The Kier molecular flexibility index (Phi) is 3.60. The Morgan fingerprint density at radius 3 is 3.00 bits per heavy atom. The summed E-state index contributed by atoms with van der Waals surface area (Å²) in [5, 5.41) is 8.86. The molecule has 0 bridgehead atoms. The number of rotatable bonds is 4. The van der Waals surface area contributed by atoms with Gasteiger partial charge in [0.25, 0.3) is 0 Å². The average molecular weight is 155 g/mol. The molecule has 0 aromatic heterocycles. The van der Waals surface area contributed by atoms with Crippen molar-refractivity contribution in [1.29, 1.82) is 0 Å². The number of hydrogen-bond acceptors (Lipinski definition) is 2. The number of hydrogen-bond donors (Lipinski definition) is 1. The van der Waals surface area contributed by atoms with Crippen LogP contribution in [0.2, 0.25) is 0 Å². The third-order valence-corrected chi connectivity index (χ3v) is 2.28. The van der Waals surface area contributed by atoms with E-state index in [2.05, 4.69) is 11.5 Å². The van der Waals surface area contributed by atoms with Crippen LogP contribution in [0.15, 0.2) is 12.7 Å². The SMILES string of the molecule is C=CCCN1CCC(CO)C1. The van der Waals surface area contributed by atoms with Gasteiger partial charge in [-0.25, -0.2) is 0 Å². The summed E-state index contributed by atoms with van der Waals surface area (Å²) in [6, 6.07) is 0. The molecule has 11 heavy (non-hydrogen) atoms. The lowest BCUT2D eigenvalue weighted by Gasteiger charge is -2.13. The molecule has 0 aliphatic carbocycles. The van der Waals surface area contributed by atoms with Gasteiger partial charge < -0.3 is 10.0 Å². The van der Waals surface area contributed by atoms with E-state index in [-0.39, 0.29) is 0 Å². The van der Waals surface area contributed by atoms with Gasteiger partial charge in [0, 0.05) is 19.7 Å². The molecule has 0 aromatic carbocycles. The van der Waals surface area contributed by atoms with Crippen molar-refractivity contribution in [3.05, 3.63) is 12.7 Å². The van der Waals surface area contributed by atoms with Crippen LogP contribution in [-0.4, -0.2) is 36.2 Å². The Balaban J connectivity index is 2.13. The number of likely N-dealkylation sites (tertiary alicyclic amines) is 1. The van der Waals surface area contributed by atoms with Crippen LogP contribution in [-0.2, 0) is 0 Å². The van der Waals surface area contributed by atoms with Gasteiger partial charge in [-0.15, -0.1) is 6.58 Å². The molecule has 0 aromatic rings. The molecular formula is C9H17NO. The summed E-state index contributed by atoms with van der Waals surface area (Å²) in [7, 11) is 0. The van der Waals surface area contributed by atoms with Crippen molar-refractivity contribution in [1.82, 2.24) is 4.90 Å². The van der Waals surface area contributed by atoms with Crippen molar-refractivity contribution in [3.8, 4) is 0 Å². The number of nitrogens with zero attached hydrogens (tertiary/aromatic N) is 1. The highest BCUT2D eigenvalue weighted by Crippen LogP contribution is 2.14. The van der Waals surface area contributed by atoms with E-state index in [1.54, 1.807) is 0 Å². The Morgan fingerprint density at radius 1 is 1.64 bits per heavy atom. The van der Waals surface area contributed by atoms with Crippen molar-refractivity contribution in [2.75, 3.05) is 26.2 Å². The molecule has 2 heteroatoms. The molecule has 0 radical (unpaired) electrons. The van der Waals surface area contributed by atoms with Gasteiger partial charge in [-0.05, 0) is 25.3 Å². The maximum atomic E-state index is 8.86. The van der Waals surface area contributed by atoms with E-state index in [4.69, 9.17) is 5.11 Å². The van der Waals surface area contributed by atoms with Gasteiger partial charge in [-0.3, -0.25) is 0 Å². The first-order valence-corrected chi connectivity index (χ1v) is 4.31. The summed E-state index contributed by atoms with van der Waals surface area (Å²) in [6.45, 7) is 7.37. The molecular weight excluding hydrogens is 138 g/mol. The lowest BCUT2D eigenvalue weighted by atomic mass is 10.1. The van der Waals surface area contributed by atoms with Crippen LogP contribution < -0.4 is 0 Å². The first kappa shape index (κ1) is 8.75. The zero-order valence-electron chi connectivity index (χ0n) is 7.00. The molecule has 1 saturated heterocycles. The third kappa shape index (κ3) is 2.64. The van der Waals surface area contributed by atoms with Crippen molar-refractivity contribution in [3.63, 3.8) is 0 Å². The number of aliphatic hydroxyl groups is 1. The van der Waals surface area contributed by atoms with Gasteiger partial charge >= 0.3 is 0 Å². The van der Waals surface area contributed by atoms with E-state index >= 15 is 0 Å². The normalized spacial score (nSPS) is 25.7. The molecule has 1 atom stereocenters. The maximum absolute atomic E-state index is 8.86. The standard InChI is InChI=1S/C9H17NO/c1-2-3-5-10-6-4-9(7-10)8-11/h2,9,11H,1,3-8H2. The Bertz CT molecular complexity index is 125. The predicted molar refractivity (Wildman–Crippen MR) is 46.4 cm³/mol. The molecule has 1 fully saturated rings. The fourth-order valence-electron chi connectivity index (χ4n) is 1.54. The van der Waals surface area contributed by atoms with Crippen molar-refractivity contribution in [2.24, 2.45) is 5.92 Å². The molecule has 1 N–H and O–H groups in total. The van der Waals surface area contributed by atoms with Crippen molar-refractivity contribution < 1.29 is 5.11 Å². The van der Waals surface area contributed by atoms with E-state index in [0.29, 0.717) is 12.5 Å². The summed E-state index contributed by atoms with van der Waals surface area (Å²) >= 11 is 0. The van der Waals surface area contributed by atoms with E-state index < -0.39 is 0 Å². The highest BCUT2D eigenvalue weighted by atomic mass is 16.3. The van der Waals surface area contributed by atoms with Crippen LogP contribution in [0, 0.1) is 5.92 Å². The van der Waals surface area contributed by atoms with Crippen LogP contribution in [0.3, 0.4) is 0 Å². The molecule has 0 spiro atoms. The van der Waals surface area contributed by atoms with E-state index in [9.17, 15) is 0 Å². The molecule has 1 rings (SSSR count). The van der Waals surface area contributed by atoms with E-state index in [0.717, 1.165) is 32.5 Å². The van der Waals surface area contributed by atoms with Gasteiger partial charge in [0.2, 0.25) is 0 Å². The summed E-state index contributed by atoms with van der Waals surface area (Å²) in [6.07, 6.45) is 4.18. The van der Waals surface area contributed by atoms with E-state index in [1.807, 2.05) is 6.08 Å². The topological polar surface area (TPSA) is 23.5 Å². The minimum absolute atomic E-state index is 0.352. The Labute approximate surface area is 68.5 Å². The lowest BCUT2D eigenvalue weighted by molar-refractivity contribution is 0.222. The smallest absolute Gasteiger partial charge is 0.0471 e. The first-order chi connectivity index (χ1) is 5.36. The fourth-order valence-corrected chi connectivity index (χ4v) is 1.54. The van der Waals surface area contributed by atoms with Crippen molar-refractivity contribution in [2.45, 2.75) is 12.8 Å². The monoisotopic (exact) mass is 155 g/mol. The van der Waals surface area contributed by atoms with Crippen LogP contribution in [0.25, 0.3) is 0 Å². The molecule has 0 amide bonds. The highest BCUT2D eigenvalue weighted by molar-refractivity contribution is 4.77. The van der Waals surface area contributed by atoms with Gasteiger partial charge in [-0.1, -0.05) is 6.08 Å². The summed E-state index contributed by atoms with van der Waals surface area (Å²) in [4.78, 5) is 2.39. The van der Waals surface area contributed by atoms with Crippen molar-refractivity contribution >= 4 is 0 Å². The maximum Gasteiger partial charge on any atom is 0.0471 e. The zero-order chi connectivity index (χ0) is 8.10. The second-order valence-electron chi connectivity index (χ2n) is 3.22. The minimum atomic E-state index is 0.352. The van der Waals surface area contributed by atoms with Gasteiger partial charge in [0.05, 0.1) is 0 Å². The van der Waals surface area contributed by atoms with Gasteiger partial charge in [0.1, 0.15) is 0 Å². The Morgan fingerprint density at radius 2 is 2.45 bits per heavy atom. The fraction of sp³-hybridized carbons (Fsp3) is 0.778. The van der Waals surface area contributed by atoms with Gasteiger partial charge in [-0.2, -0.15) is 0 Å². The zero-order valence-corrected chi connectivity index (χ0v) is 7.00. The lowest BCUT2D eigenvalue weighted by Crippen LogP contribution is -2.22. The molecule has 1 unspecified atom stereocenters. The summed E-state index contributed by atoms with van der Waals surface area (Å²) in [5.41, 5.74) is 0. The van der Waals surface area contributed by atoms with Crippen LogP contribution in [0.4, 0.5) is 0 Å². The molecule has 1 heterocycles. The highest BCUT2D eigenvalue weighted by Gasteiger charge is 2.20. The quantitative estimate of drug-likeness (QED) is 0.609. The second kappa shape index (κ2) is 4.52.